The third-order valence-corrected chi connectivity index (χ3v) is 7.45. The molecule has 3 aromatic rings. The minimum absolute atomic E-state index is 0.159. The maximum absolute atomic E-state index is 12.7. The number of amides is 1. The van der Waals surface area contributed by atoms with Crippen LogP contribution in [0.2, 0.25) is 0 Å². The van der Waals surface area contributed by atoms with E-state index in [4.69, 9.17) is 4.98 Å². The smallest absolute Gasteiger partial charge is 0.227 e. The van der Waals surface area contributed by atoms with E-state index in [1.54, 1.807) is 11.3 Å². The fourth-order valence-electron chi connectivity index (χ4n) is 4.53. The highest BCUT2D eigenvalue weighted by Gasteiger charge is 2.26. The molecule has 0 spiro atoms. The summed E-state index contributed by atoms with van der Waals surface area (Å²) in [5.41, 5.74) is 4.13. The third kappa shape index (κ3) is 5.43. The van der Waals surface area contributed by atoms with Crippen molar-refractivity contribution in [1.29, 1.82) is 0 Å². The number of aryl methyl sites for hydroxylation is 1. The number of hydrogen-bond donors (Lipinski definition) is 1. The fraction of sp³-hybridized carbons (Fsp3) is 0.407. The van der Waals surface area contributed by atoms with Gasteiger partial charge in [0.1, 0.15) is 5.01 Å². The zero-order chi connectivity index (χ0) is 21.6. The predicted octanol–water partition coefficient (Wildman–Crippen LogP) is 7.72. The number of hydrogen-bond acceptors (Lipinski definition) is 3. The van der Waals surface area contributed by atoms with Crippen molar-refractivity contribution in [2.45, 2.75) is 58.8 Å². The monoisotopic (exact) mass is 432 g/mol. The Morgan fingerprint density at radius 2 is 1.71 bits per heavy atom. The van der Waals surface area contributed by atoms with E-state index in [0.717, 1.165) is 46.3 Å². The summed E-state index contributed by atoms with van der Waals surface area (Å²) in [5.74, 6) is 1.16. The highest BCUT2D eigenvalue weighted by molar-refractivity contribution is 7.15. The van der Waals surface area contributed by atoms with Crippen LogP contribution in [0.15, 0.2) is 54.6 Å². The van der Waals surface area contributed by atoms with Crippen molar-refractivity contribution in [2.24, 2.45) is 11.8 Å². The first-order valence-electron chi connectivity index (χ1n) is 11.6. The van der Waals surface area contributed by atoms with Crippen molar-refractivity contribution in [3.8, 4) is 21.8 Å². The Kier molecular flexibility index (Phi) is 7.18. The molecule has 1 aliphatic carbocycles. The van der Waals surface area contributed by atoms with Gasteiger partial charge in [0.25, 0.3) is 0 Å². The lowest BCUT2D eigenvalue weighted by Crippen LogP contribution is -2.27. The first-order chi connectivity index (χ1) is 15.1. The Morgan fingerprint density at radius 3 is 2.39 bits per heavy atom. The lowest BCUT2D eigenvalue weighted by molar-refractivity contribution is -0.121. The largest absolute Gasteiger partial charge is 0.326 e. The molecule has 31 heavy (non-hydrogen) atoms. The maximum Gasteiger partial charge on any atom is 0.227 e. The van der Waals surface area contributed by atoms with E-state index in [1.165, 1.54) is 37.0 Å². The van der Waals surface area contributed by atoms with E-state index in [1.807, 2.05) is 30.3 Å². The lowest BCUT2D eigenvalue weighted by atomic mass is 9.79. The molecule has 1 fully saturated rings. The quantitative estimate of drug-likeness (QED) is 0.415. The van der Waals surface area contributed by atoms with Gasteiger partial charge in [0.05, 0.1) is 5.69 Å². The van der Waals surface area contributed by atoms with Crippen LogP contribution in [0.25, 0.3) is 21.8 Å². The molecule has 1 aliphatic rings. The van der Waals surface area contributed by atoms with Gasteiger partial charge in [-0.25, -0.2) is 4.98 Å². The Labute approximate surface area is 189 Å². The average Bonchev–Trinajstić information content (AvgIpc) is 3.20. The van der Waals surface area contributed by atoms with Gasteiger partial charge in [0.2, 0.25) is 5.91 Å². The Bertz CT molecular complexity index is 986. The summed E-state index contributed by atoms with van der Waals surface area (Å²) in [5, 5.41) is 4.18. The van der Waals surface area contributed by atoms with Crippen LogP contribution in [-0.4, -0.2) is 10.9 Å². The highest BCUT2D eigenvalue weighted by atomic mass is 32.1. The number of aromatic nitrogens is 1. The molecule has 0 aliphatic heterocycles. The van der Waals surface area contributed by atoms with Crippen LogP contribution in [-0.2, 0) is 4.79 Å². The van der Waals surface area contributed by atoms with Gasteiger partial charge in [0, 0.05) is 27.6 Å². The summed E-state index contributed by atoms with van der Waals surface area (Å²) in [6.07, 6.45) is 8.36. The van der Waals surface area contributed by atoms with Gasteiger partial charge in [-0.3, -0.25) is 4.79 Å². The second-order valence-corrected chi connectivity index (χ2v) is 9.92. The van der Waals surface area contributed by atoms with Crippen LogP contribution in [0.1, 0.15) is 56.7 Å². The van der Waals surface area contributed by atoms with Gasteiger partial charge in [-0.15, -0.1) is 11.3 Å². The van der Waals surface area contributed by atoms with Crippen molar-refractivity contribution in [2.75, 3.05) is 5.32 Å². The molecule has 1 amide bonds. The summed E-state index contributed by atoms with van der Waals surface area (Å²) in [4.78, 5) is 18.8. The van der Waals surface area contributed by atoms with Crippen LogP contribution < -0.4 is 5.32 Å². The van der Waals surface area contributed by atoms with Gasteiger partial charge in [-0.1, -0.05) is 68.7 Å². The summed E-state index contributed by atoms with van der Waals surface area (Å²) >= 11 is 1.72. The van der Waals surface area contributed by atoms with E-state index in [9.17, 15) is 4.79 Å². The number of nitrogens with one attached hydrogen (secondary N) is 1. The summed E-state index contributed by atoms with van der Waals surface area (Å²) in [6.45, 7) is 4.37. The van der Waals surface area contributed by atoms with Crippen molar-refractivity contribution in [3.63, 3.8) is 0 Å². The number of rotatable bonds is 7. The molecule has 0 bridgehead atoms. The normalized spacial score (nSPS) is 18.6. The highest BCUT2D eigenvalue weighted by Crippen LogP contribution is 2.35. The molecule has 0 radical (unpaired) electrons. The van der Waals surface area contributed by atoms with Gasteiger partial charge in [0.15, 0.2) is 0 Å². The Balaban J connectivity index is 1.37. The molecular weight excluding hydrogens is 400 g/mol. The van der Waals surface area contributed by atoms with Gasteiger partial charge >= 0.3 is 0 Å². The van der Waals surface area contributed by atoms with Crippen molar-refractivity contribution in [3.05, 3.63) is 59.5 Å². The molecule has 0 saturated heterocycles. The zero-order valence-electron chi connectivity index (χ0n) is 18.6. The summed E-state index contributed by atoms with van der Waals surface area (Å²) in [7, 11) is 0. The van der Waals surface area contributed by atoms with E-state index < -0.39 is 0 Å². The second-order valence-electron chi connectivity index (χ2n) is 8.72. The van der Waals surface area contributed by atoms with Crippen LogP contribution in [0.5, 0.6) is 0 Å². The number of nitrogens with zero attached hydrogens (tertiary/aromatic N) is 1. The summed E-state index contributed by atoms with van der Waals surface area (Å²) in [6, 6.07) is 18.4. The Hall–Kier alpha value is -2.46. The van der Waals surface area contributed by atoms with Gasteiger partial charge in [-0.2, -0.15) is 0 Å². The molecule has 4 rings (SSSR count). The molecule has 1 heterocycles. The van der Waals surface area contributed by atoms with Crippen molar-refractivity contribution >= 4 is 22.9 Å². The minimum Gasteiger partial charge on any atom is -0.326 e. The van der Waals surface area contributed by atoms with Crippen LogP contribution in [0.3, 0.4) is 0 Å². The van der Waals surface area contributed by atoms with E-state index in [0.29, 0.717) is 0 Å². The molecule has 1 aromatic heterocycles. The Morgan fingerprint density at radius 1 is 1.00 bits per heavy atom. The zero-order valence-corrected chi connectivity index (χ0v) is 19.4. The molecule has 0 atom stereocenters. The topological polar surface area (TPSA) is 42.0 Å². The number of unbranched alkanes of at least 4 members (excludes halogenated alkanes) is 1. The van der Waals surface area contributed by atoms with E-state index >= 15 is 0 Å². The molecular formula is C27H32N2OS. The average molecular weight is 433 g/mol. The molecule has 2 aromatic carbocycles. The molecule has 0 unspecified atom stereocenters. The van der Waals surface area contributed by atoms with Crippen LogP contribution in [0, 0.1) is 18.8 Å². The van der Waals surface area contributed by atoms with Crippen molar-refractivity contribution < 1.29 is 4.79 Å². The first-order valence-corrected chi connectivity index (χ1v) is 12.4. The van der Waals surface area contributed by atoms with Gasteiger partial charge in [-0.05, 0) is 50.7 Å². The van der Waals surface area contributed by atoms with Gasteiger partial charge < -0.3 is 5.32 Å². The summed E-state index contributed by atoms with van der Waals surface area (Å²) < 4.78 is 0. The minimum atomic E-state index is 0.159. The fourth-order valence-corrected chi connectivity index (χ4v) is 5.47. The van der Waals surface area contributed by atoms with Crippen molar-refractivity contribution in [1.82, 2.24) is 4.98 Å². The van der Waals surface area contributed by atoms with Crippen LogP contribution >= 0.6 is 11.3 Å². The molecule has 1 saturated carbocycles. The predicted molar refractivity (Wildman–Crippen MR) is 131 cm³/mol. The number of thiazole rings is 1. The standard InChI is InChI=1S/C27H32N2OS/c1-3-4-8-20-11-13-22(14-12-20)26(30)28-24-17-15-21(16-18-24)25-19(2)31-27(29-25)23-9-6-5-7-10-23/h5-7,9-10,15-18,20,22H,3-4,8,11-14H2,1-2H3,(H,28,30). The first kappa shape index (κ1) is 21.8. The number of carbonyl (C=O) groups excluding carboxylic acids is 1. The number of carbonyl (C=O) groups is 1. The maximum atomic E-state index is 12.7. The second kappa shape index (κ2) is 10.2. The van der Waals surface area contributed by atoms with Crippen LogP contribution in [0.4, 0.5) is 5.69 Å². The molecule has 3 nitrogen and oxygen atoms in total. The lowest BCUT2D eigenvalue weighted by Gasteiger charge is -2.27. The van der Waals surface area contributed by atoms with E-state index in [-0.39, 0.29) is 11.8 Å². The molecule has 1 N–H and O–H groups in total. The third-order valence-electron chi connectivity index (χ3n) is 6.43. The number of benzene rings is 2. The number of anilines is 1. The SMILES string of the molecule is CCCCC1CCC(C(=O)Nc2ccc(-c3nc(-c4ccccc4)sc3C)cc2)CC1. The molecule has 4 heteroatoms. The molecule has 162 valence electrons. The van der Waals surface area contributed by atoms with E-state index in [2.05, 4.69) is 43.4 Å².